The molecular formula is C20H36IN5O2S. The molecule has 1 saturated heterocycles. The van der Waals surface area contributed by atoms with Crippen LogP contribution >= 0.6 is 35.3 Å². The van der Waals surface area contributed by atoms with Gasteiger partial charge < -0.3 is 20.3 Å². The molecule has 2 rings (SSSR count). The van der Waals surface area contributed by atoms with Crippen molar-refractivity contribution in [2.24, 2.45) is 10.9 Å². The van der Waals surface area contributed by atoms with Gasteiger partial charge >= 0.3 is 6.09 Å². The molecule has 1 atom stereocenters. The Balaban J connectivity index is 0.00000420. The van der Waals surface area contributed by atoms with Crippen molar-refractivity contribution in [3.63, 3.8) is 0 Å². The molecular weight excluding hydrogens is 501 g/mol. The maximum absolute atomic E-state index is 12.3. The lowest BCUT2D eigenvalue weighted by atomic mass is 9.98. The number of guanidine groups is 1. The molecule has 1 aliphatic heterocycles. The monoisotopic (exact) mass is 537 g/mol. The van der Waals surface area contributed by atoms with Gasteiger partial charge in [0.15, 0.2) is 5.96 Å². The SMILES string of the molecule is CCNC(=NCc1ncc(CC)s1)NCC1CCCN(C(=O)OC(C)(C)C)C1.I. The maximum Gasteiger partial charge on any atom is 0.410 e. The summed E-state index contributed by atoms with van der Waals surface area (Å²) >= 11 is 1.72. The number of carbonyl (C=O) groups is 1. The summed E-state index contributed by atoms with van der Waals surface area (Å²) in [5.74, 6) is 1.18. The lowest BCUT2D eigenvalue weighted by molar-refractivity contribution is 0.0168. The van der Waals surface area contributed by atoms with E-state index in [1.807, 2.05) is 31.9 Å². The largest absolute Gasteiger partial charge is 0.444 e. The number of aryl methyl sites for hydroxylation is 1. The Labute approximate surface area is 196 Å². The average molecular weight is 538 g/mol. The lowest BCUT2D eigenvalue weighted by Crippen LogP contribution is -2.47. The number of likely N-dealkylation sites (tertiary alicyclic amines) is 1. The van der Waals surface area contributed by atoms with Gasteiger partial charge in [-0.2, -0.15) is 0 Å². The molecule has 0 bridgehead atoms. The number of rotatable bonds is 6. The molecule has 166 valence electrons. The number of aliphatic imine (C=N–C) groups is 1. The fraction of sp³-hybridized carbons (Fsp3) is 0.750. The predicted molar refractivity (Wildman–Crippen MR) is 130 cm³/mol. The van der Waals surface area contributed by atoms with Crippen molar-refractivity contribution in [1.29, 1.82) is 0 Å². The van der Waals surface area contributed by atoms with Crippen LogP contribution in [0.4, 0.5) is 4.79 Å². The van der Waals surface area contributed by atoms with E-state index in [1.54, 1.807) is 11.3 Å². The Morgan fingerprint density at radius 1 is 1.38 bits per heavy atom. The molecule has 29 heavy (non-hydrogen) atoms. The van der Waals surface area contributed by atoms with Crippen LogP contribution in [0.5, 0.6) is 0 Å². The molecule has 0 radical (unpaired) electrons. The van der Waals surface area contributed by atoms with Crippen molar-refractivity contribution >= 4 is 47.4 Å². The van der Waals surface area contributed by atoms with Crippen LogP contribution in [0.25, 0.3) is 0 Å². The number of thiazole rings is 1. The van der Waals surface area contributed by atoms with Crippen LogP contribution < -0.4 is 10.6 Å². The Bertz CT molecular complexity index is 660. The summed E-state index contributed by atoms with van der Waals surface area (Å²) in [6.45, 7) is 13.5. The summed E-state index contributed by atoms with van der Waals surface area (Å²) in [5, 5.41) is 7.75. The standard InChI is InChI=1S/C20H35N5O2S.HI/c1-6-16-12-22-17(28-16)13-24-18(21-7-2)23-11-15-9-8-10-25(14-15)19(26)27-20(3,4)5;/h12,15H,6-11,13-14H2,1-5H3,(H2,21,23,24);1H. The summed E-state index contributed by atoms with van der Waals surface area (Å²) in [5.41, 5.74) is -0.458. The zero-order chi connectivity index (χ0) is 20.6. The molecule has 2 N–H and O–H groups in total. The third kappa shape index (κ3) is 9.50. The quantitative estimate of drug-likeness (QED) is 0.326. The minimum Gasteiger partial charge on any atom is -0.444 e. The fourth-order valence-corrected chi connectivity index (χ4v) is 3.82. The molecule has 9 heteroatoms. The van der Waals surface area contributed by atoms with Crippen LogP contribution in [0, 0.1) is 5.92 Å². The number of ether oxygens (including phenoxy) is 1. The van der Waals surface area contributed by atoms with Crippen LogP contribution in [-0.2, 0) is 17.7 Å². The molecule has 1 aromatic heterocycles. The molecule has 0 aliphatic carbocycles. The molecule has 1 amide bonds. The smallest absolute Gasteiger partial charge is 0.410 e. The second-order valence-electron chi connectivity index (χ2n) is 8.08. The summed E-state index contributed by atoms with van der Waals surface area (Å²) in [7, 11) is 0. The minimum atomic E-state index is -0.458. The molecule has 0 saturated carbocycles. The zero-order valence-electron chi connectivity index (χ0n) is 18.3. The number of amides is 1. The average Bonchev–Trinajstić information content (AvgIpc) is 3.11. The number of nitrogens with one attached hydrogen (secondary N) is 2. The predicted octanol–water partition coefficient (Wildman–Crippen LogP) is 4.03. The van der Waals surface area contributed by atoms with E-state index in [0.29, 0.717) is 19.0 Å². The number of carbonyl (C=O) groups excluding carboxylic acids is 1. The summed E-state index contributed by atoms with van der Waals surface area (Å²) in [6.07, 6.45) is 4.82. The molecule has 1 aromatic rings. The lowest BCUT2D eigenvalue weighted by Gasteiger charge is -2.34. The van der Waals surface area contributed by atoms with E-state index in [9.17, 15) is 4.79 Å². The zero-order valence-corrected chi connectivity index (χ0v) is 21.4. The Kier molecular flexibility index (Phi) is 11.2. The van der Waals surface area contributed by atoms with Gasteiger partial charge in [0.05, 0.1) is 6.54 Å². The van der Waals surface area contributed by atoms with E-state index in [1.165, 1.54) is 4.88 Å². The highest BCUT2D eigenvalue weighted by Crippen LogP contribution is 2.19. The molecule has 0 aromatic carbocycles. The van der Waals surface area contributed by atoms with Crippen LogP contribution in [0.3, 0.4) is 0 Å². The third-order valence-electron chi connectivity index (χ3n) is 4.40. The van der Waals surface area contributed by atoms with E-state index in [4.69, 9.17) is 4.74 Å². The molecule has 2 heterocycles. The Morgan fingerprint density at radius 2 is 2.14 bits per heavy atom. The first kappa shape index (κ1) is 25.9. The molecule has 1 aliphatic rings. The highest BCUT2D eigenvalue weighted by Gasteiger charge is 2.27. The topological polar surface area (TPSA) is 78.9 Å². The maximum atomic E-state index is 12.3. The molecule has 7 nitrogen and oxygen atoms in total. The first-order valence-electron chi connectivity index (χ1n) is 10.2. The number of halogens is 1. The number of hydrogen-bond donors (Lipinski definition) is 2. The van der Waals surface area contributed by atoms with Gasteiger partial charge in [-0.1, -0.05) is 6.92 Å². The Hall–Kier alpha value is -1.10. The first-order valence-corrected chi connectivity index (χ1v) is 11.1. The van der Waals surface area contributed by atoms with E-state index < -0.39 is 5.60 Å². The van der Waals surface area contributed by atoms with Gasteiger partial charge in [-0.25, -0.2) is 14.8 Å². The summed E-state index contributed by atoms with van der Waals surface area (Å²) in [6, 6.07) is 0. The van der Waals surface area contributed by atoms with Crippen molar-refractivity contribution < 1.29 is 9.53 Å². The van der Waals surface area contributed by atoms with Crippen molar-refractivity contribution in [3.05, 3.63) is 16.1 Å². The highest BCUT2D eigenvalue weighted by atomic mass is 127. The summed E-state index contributed by atoms with van der Waals surface area (Å²) in [4.78, 5) is 24.5. The van der Waals surface area contributed by atoms with E-state index in [-0.39, 0.29) is 30.1 Å². The molecule has 1 fully saturated rings. The van der Waals surface area contributed by atoms with Crippen molar-refractivity contribution in [2.45, 2.75) is 66.0 Å². The highest BCUT2D eigenvalue weighted by molar-refractivity contribution is 14.0. The van der Waals surface area contributed by atoms with Crippen LogP contribution in [0.1, 0.15) is 57.3 Å². The number of piperidine rings is 1. The van der Waals surface area contributed by atoms with E-state index >= 15 is 0 Å². The number of hydrogen-bond acceptors (Lipinski definition) is 5. The van der Waals surface area contributed by atoms with Crippen LogP contribution in [0.2, 0.25) is 0 Å². The van der Waals surface area contributed by atoms with Crippen LogP contribution in [0.15, 0.2) is 11.2 Å². The number of aromatic nitrogens is 1. The first-order chi connectivity index (χ1) is 13.3. The van der Waals surface area contributed by atoms with Gasteiger partial charge in [-0.05, 0) is 52.9 Å². The Morgan fingerprint density at radius 3 is 2.76 bits per heavy atom. The van der Waals surface area contributed by atoms with E-state index in [2.05, 4.69) is 34.5 Å². The molecule has 1 unspecified atom stereocenters. The van der Waals surface area contributed by atoms with Gasteiger partial charge in [0.1, 0.15) is 10.6 Å². The van der Waals surface area contributed by atoms with Gasteiger partial charge in [0.25, 0.3) is 0 Å². The van der Waals surface area contributed by atoms with Crippen LogP contribution in [-0.4, -0.2) is 53.7 Å². The van der Waals surface area contributed by atoms with Gasteiger partial charge in [0, 0.05) is 37.3 Å². The summed E-state index contributed by atoms with van der Waals surface area (Å²) < 4.78 is 5.51. The normalized spacial score (nSPS) is 17.5. The molecule has 0 spiro atoms. The van der Waals surface area contributed by atoms with Crippen molar-refractivity contribution in [1.82, 2.24) is 20.5 Å². The van der Waals surface area contributed by atoms with Gasteiger partial charge in [0.2, 0.25) is 0 Å². The van der Waals surface area contributed by atoms with E-state index in [0.717, 1.165) is 49.9 Å². The van der Waals surface area contributed by atoms with Gasteiger partial charge in [-0.3, -0.25) is 0 Å². The van der Waals surface area contributed by atoms with Crippen molar-refractivity contribution in [3.8, 4) is 0 Å². The van der Waals surface area contributed by atoms with Crippen molar-refractivity contribution in [2.75, 3.05) is 26.2 Å². The fourth-order valence-electron chi connectivity index (χ4n) is 3.04. The van der Waals surface area contributed by atoms with Gasteiger partial charge in [-0.15, -0.1) is 35.3 Å². The third-order valence-corrected chi connectivity index (χ3v) is 5.52. The second-order valence-corrected chi connectivity index (χ2v) is 9.28. The minimum absolute atomic E-state index is 0. The second kappa shape index (κ2) is 12.6. The number of nitrogens with zero attached hydrogens (tertiary/aromatic N) is 3.